The number of aliphatic carboxylic acids is 2. The number of carbonyl (C=O) groups excluding carboxylic acids is 1. The monoisotopic (exact) mass is 511 g/mol. The Balaban J connectivity index is 0.000000658. The van der Waals surface area contributed by atoms with E-state index in [1.165, 1.54) is 0 Å². The number of carboxylic acid groups (broad SMARTS) is 2. The molecule has 2 atom stereocenters. The number of esters is 1. The molecule has 1 aliphatic carbocycles. The van der Waals surface area contributed by atoms with Crippen LogP contribution in [0.3, 0.4) is 0 Å². The van der Waals surface area contributed by atoms with E-state index in [9.17, 15) is 14.4 Å². The molecule has 11 heteroatoms. The molecule has 1 aromatic heterocycles. The fourth-order valence-electron chi connectivity index (χ4n) is 3.63. The molecule has 0 amide bonds. The maximum atomic E-state index is 13.1. The molecule has 1 heterocycles. The van der Waals surface area contributed by atoms with Gasteiger partial charge < -0.3 is 29.2 Å². The van der Waals surface area contributed by atoms with E-state index in [2.05, 4.69) is 6.92 Å². The van der Waals surface area contributed by atoms with Gasteiger partial charge in [0.15, 0.2) is 11.5 Å². The van der Waals surface area contributed by atoms with Crippen molar-refractivity contribution in [3.8, 4) is 0 Å². The smallest absolute Gasteiger partial charge is 0.328 e. The number of ether oxygens (including phenoxy) is 4. The van der Waals surface area contributed by atoms with Crippen LogP contribution in [-0.4, -0.2) is 75.1 Å². The Hall–Kier alpha value is -3.31. The highest BCUT2D eigenvalue weighted by atomic mass is 32.1. The van der Waals surface area contributed by atoms with Crippen LogP contribution < -0.4 is 0 Å². The van der Waals surface area contributed by atoms with Gasteiger partial charge in [0.2, 0.25) is 5.76 Å². The highest BCUT2D eigenvalue weighted by molar-refractivity contribution is 7.10. The summed E-state index contributed by atoms with van der Waals surface area (Å²) in [7, 11) is 8.54. The van der Waals surface area contributed by atoms with Gasteiger partial charge in [-0.1, -0.05) is 19.4 Å². The SMILES string of the molecule is CCCCOC(=O)C1C=C(OC)C(OC)=C(OC)C1(c1cccs1)N(C)C.O=C(O)/C=C\C(=O)O. The van der Waals surface area contributed by atoms with Gasteiger partial charge in [0, 0.05) is 17.0 Å². The largest absolute Gasteiger partial charge is 0.495 e. The third kappa shape index (κ3) is 7.09. The van der Waals surface area contributed by atoms with E-state index >= 15 is 0 Å². The van der Waals surface area contributed by atoms with E-state index in [0.717, 1.165) is 17.7 Å². The molecular formula is C24H33NO9S. The van der Waals surface area contributed by atoms with Gasteiger partial charge in [0.25, 0.3) is 0 Å². The number of carboxylic acids is 2. The van der Waals surface area contributed by atoms with Crippen LogP contribution in [0.25, 0.3) is 0 Å². The zero-order valence-electron chi connectivity index (χ0n) is 20.8. The van der Waals surface area contributed by atoms with E-state index < -0.39 is 23.4 Å². The lowest BCUT2D eigenvalue weighted by atomic mass is 9.75. The van der Waals surface area contributed by atoms with Crippen LogP contribution in [0.4, 0.5) is 0 Å². The minimum absolute atomic E-state index is 0.315. The zero-order valence-corrected chi connectivity index (χ0v) is 21.6. The van der Waals surface area contributed by atoms with Crippen LogP contribution in [0.1, 0.15) is 24.6 Å². The standard InChI is InChI=1S/C20H29NO5S.C4H4O4/c1-7-8-11-26-19(22)14-13-15(23-4)17(24-5)18(25-6)20(14,21(2)3)16-10-9-12-27-16;5-3(6)1-2-4(7)8/h9-10,12-14H,7-8,11H2,1-6H3;1-2H,(H,5,6)(H,7,8)/b;2-1-. The fraction of sp³-hybridized carbons (Fsp3) is 0.458. The number of likely N-dealkylation sites (N-methyl/N-ethyl adjacent to an activating group) is 1. The second kappa shape index (κ2) is 14.2. The second-order valence-corrected chi connectivity index (χ2v) is 8.40. The molecule has 0 saturated carbocycles. The molecule has 2 unspecified atom stereocenters. The molecule has 10 nitrogen and oxygen atoms in total. The molecule has 0 radical (unpaired) electrons. The van der Waals surface area contributed by atoms with Crippen molar-refractivity contribution >= 4 is 29.2 Å². The zero-order chi connectivity index (χ0) is 26.6. The first-order valence-electron chi connectivity index (χ1n) is 10.7. The van der Waals surface area contributed by atoms with Gasteiger partial charge in [0.1, 0.15) is 11.5 Å². The number of carbonyl (C=O) groups is 3. The lowest BCUT2D eigenvalue weighted by Crippen LogP contribution is -2.53. The average molecular weight is 512 g/mol. The van der Waals surface area contributed by atoms with Gasteiger partial charge in [-0.25, -0.2) is 9.59 Å². The maximum Gasteiger partial charge on any atom is 0.328 e. The van der Waals surface area contributed by atoms with E-state index in [1.807, 2.05) is 36.5 Å². The Kier molecular flexibility index (Phi) is 12.0. The predicted molar refractivity (Wildman–Crippen MR) is 130 cm³/mol. The van der Waals surface area contributed by atoms with Crippen molar-refractivity contribution in [2.24, 2.45) is 5.92 Å². The minimum Gasteiger partial charge on any atom is -0.495 e. The Morgan fingerprint density at radius 1 is 1.09 bits per heavy atom. The number of unbranched alkanes of at least 4 members (excludes halogenated alkanes) is 1. The van der Waals surface area contributed by atoms with Crippen LogP contribution >= 0.6 is 11.3 Å². The van der Waals surface area contributed by atoms with Gasteiger partial charge in [-0.05, 0) is 38.0 Å². The van der Waals surface area contributed by atoms with E-state index in [1.54, 1.807) is 38.7 Å². The van der Waals surface area contributed by atoms with Gasteiger partial charge in [-0.15, -0.1) is 11.3 Å². The third-order valence-corrected chi connectivity index (χ3v) is 6.13. The Morgan fingerprint density at radius 3 is 2.11 bits per heavy atom. The van der Waals surface area contributed by atoms with Crippen LogP contribution in [-0.2, 0) is 38.9 Å². The second-order valence-electron chi connectivity index (χ2n) is 7.45. The molecule has 0 saturated heterocycles. The van der Waals surface area contributed by atoms with E-state index in [4.69, 9.17) is 29.2 Å². The molecule has 2 rings (SSSR count). The normalized spacial score (nSPS) is 19.5. The van der Waals surface area contributed by atoms with E-state index in [-0.39, 0.29) is 5.97 Å². The number of rotatable bonds is 11. The summed E-state index contributed by atoms with van der Waals surface area (Å²) in [5.74, 6) is -2.02. The summed E-state index contributed by atoms with van der Waals surface area (Å²) in [5.41, 5.74) is -0.889. The minimum atomic E-state index is -1.26. The number of methoxy groups -OCH3 is 3. The van der Waals surface area contributed by atoms with Crippen LogP contribution in [0.2, 0.25) is 0 Å². The van der Waals surface area contributed by atoms with Crippen molar-refractivity contribution in [3.05, 3.63) is 57.9 Å². The van der Waals surface area contributed by atoms with Gasteiger partial charge in [-0.2, -0.15) is 0 Å². The Bertz CT molecular complexity index is 934. The molecule has 0 bridgehead atoms. The molecule has 1 aromatic rings. The third-order valence-electron chi connectivity index (χ3n) is 5.14. The number of hydrogen-bond donors (Lipinski definition) is 2. The van der Waals surface area contributed by atoms with Crippen molar-refractivity contribution in [1.82, 2.24) is 4.90 Å². The predicted octanol–water partition coefficient (Wildman–Crippen LogP) is 3.22. The number of nitrogens with zero attached hydrogens (tertiary/aromatic N) is 1. The van der Waals surface area contributed by atoms with Crippen molar-refractivity contribution in [1.29, 1.82) is 0 Å². The molecule has 194 valence electrons. The van der Waals surface area contributed by atoms with Gasteiger partial charge in [-0.3, -0.25) is 9.69 Å². The van der Waals surface area contributed by atoms with Crippen LogP contribution in [0.15, 0.2) is 53.0 Å². The van der Waals surface area contributed by atoms with Crippen LogP contribution in [0, 0.1) is 5.92 Å². The van der Waals surface area contributed by atoms with Crippen molar-refractivity contribution in [3.63, 3.8) is 0 Å². The molecule has 0 aromatic carbocycles. The molecule has 1 aliphatic rings. The van der Waals surface area contributed by atoms with Crippen LogP contribution in [0.5, 0.6) is 0 Å². The highest BCUT2D eigenvalue weighted by Gasteiger charge is 2.56. The van der Waals surface area contributed by atoms with Crippen molar-refractivity contribution in [2.75, 3.05) is 42.0 Å². The average Bonchev–Trinajstić information content (AvgIpc) is 3.36. The fourth-order valence-corrected chi connectivity index (χ4v) is 4.67. The topological polar surface area (TPSA) is 132 Å². The molecule has 2 N–H and O–H groups in total. The van der Waals surface area contributed by atoms with Gasteiger partial charge >= 0.3 is 17.9 Å². The van der Waals surface area contributed by atoms with E-state index in [0.29, 0.717) is 36.0 Å². The number of hydrogen-bond acceptors (Lipinski definition) is 9. The quantitative estimate of drug-likeness (QED) is 0.259. The number of thiophene rings is 1. The summed E-state index contributed by atoms with van der Waals surface area (Å²) in [4.78, 5) is 35.2. The maximum absolute atomic E-state index is 13.1. The first-order chi connectivity index (χ1) is 16.6. The lowest BCUT2D eigenvalue weighted by molar-refractivity contribution is -0.152. The summed E-state index contributed by atoms with van der Waals surface area (Å²) in [6.45, 7) is 2.45. The van der Waals surface area contributed by atoms with Gasteiger partial charge in [0.05, 0.1) is 27.9 Å². The summed E-state index contributed by atoms with van der Waals surface area (Å²) in [6.07, 6.45) is 4.67. The Morgan fingerprint density at radius 2 is 1.71 bits per heavy atom. The lowest BCUT2D eigenvalue weighted by Gasteiger charge is -2.46. The highest BCUT2D eigenvalue weighted by Crippen LogP contribution is 2.50. The van der Waals surface area contributed by atoms with Crippen molar-refractivity contribution < 1.29 is 43.5 Å². The molecule has 0 fully saturated rings. The summed E-state index contributed by atoms with van der Waals surface area (Å²) in [6, 6.07) is 3.95. The molecular weight excluding hydrogens is 478 g/mol. The first-order valence-corrected chi connectivity index (χ1v) is 11.6. The molecule has 0 spiro atoms. The molecule has 35 heavy (non-hydrogen) atoms. The first kappa shape index (κ1) is 29.7. The summed E-state index contributed by atoms with van der Waals surface area (Å²) >= 11 is 1.56. The molecule has 0 aliphatic heterocycles. The van der Waals surface area contributed by atoms with Crippen molar-refractivity contribution in [2.45, 2.75) is 25.3 Å². The summed E-state index contributed by atoms with van der Waals surface area (Å²) in [5, 5.41) is 17.6. The summed E-state index contributed by atoms with van der Waals surface area (Å²) < 4.78 is 22.5. The Labute approximate surface area is 209 Å².